The van der Waals surface area contributed by atoms with Crippen molar-refractivity contribution in [2.75, 3.05) is 20.3 Å². The van der Waals surface area contributed by atoms with Gasteiger partial charge in [-0.05, 0) is 48.4 Å². The van der Waals surface area contributed by atoms with Gasteiger partial charge in [-0.25, -0.2) is 9.79 Å². The number of hydrogen-bond donors (Lipinski definition) is 0. The van der Waals surface area contributed by atoms with Crippen LogP contribution in [0.1, 0.15) is 24.1 Å². The third-order valence-electron chi connectivity index (χ3n) is 5.84. The first-order valence-electron chi connectivity index (χ1n) is 11.8. The van der Waals surface area contributed by atoms with E-state index in [1.165, 1.54) is 29.9 Å². The van der Waals surface area contributed by atoms with Crippen LogP contribution in [-0.2, 0) is 9.53 Å². The summed E-state index contributed by atoms with van der Waals surface area (Å²) >= 11 is 1.15. The smallest absolute Gasteiger partial charge is 0.338 e. The monoisotopic (exact) mass is 547 g/mol. The maximum Gasteiger partial charge on any atom is 0.338 e. The molecule has 1 unspecified atom stereocenters. The molecule has 4 rings (SSSR count). The van der Waals surface area contributed by atoms with E-state index in [-0.39, 0.29) is 30.0 Å². The number of rotatable bonds is 10. The van der Waals surface area contributed by atoms with E-state index >= 15 is 0 Å². The van der Waals surface area contributed by atoms with Crippen LogP contribution in [0.2, 0.25) is 0 Å². The number of nitro benzene ring substituents is 1. The first-order valence-corrected chi connectivity index (χ1v) is 12.6. The van der Waals surface area contributed by atoms with E-state index in [0.717, 1.165) is 11.3 Å². The van der Waals surface area contributed by atoms with E-state index in [4.69, 9.17) is 14.2 Å². The minimum atomic E-state index is -0.861. The van der Waals surface area contributed by atoms with Crippen LogP contribution in [0.3, 0.4) is 0 Å². The predicted molar refractivity (Wildman–Crippen MR) is 147 cm³/mol. The van der Waals surface area contributed by atoms with Crippen molar-refractivity contribution in [1.82, 2.24) is 4.57 Å². The number of nitro groups is 1. The molecule has 11 heteroatoms. The van der Waals surface area contributed by atoms with Crippen molar-refractivity contribution in [3.63, 3.8) is 0 Å². The lowest BCUT2D eigenvalue weighted by molar-refractivity contribution is -0.384. The standard InChI is InChI=1S/C28H25N3O7S/c1-5-13-37-21-12-9-19(16-22(21)36-4)25-24(27(33)38-14-6-2)17(3)29-28-30(25)26(32)23(39-28)15-18-7-10-20(11-8-18)31(34)35/h5-12,15-16,25H,1-2,13-14H2,3-4H3. The van der Waals surface area contributed by atoms with Crippen molar-refractivity contribution in [3.8, 4) is 11.5 Å². The predicted octanol–water partition coefficient (Wildman–Crippen LogP) is 3.45. The molecule has 0 saturated heterocycles. The van der Waals surface area contributed by atoms with Gasteiger partial charge in [0.25, 0.3) is 11.2 Å². The van der Waals surface area contributed by atoms with Crippen LogP contribution in [0.5, 0.6) is 11.5 Å². The quantitative estimate of drug-likeness (QED) is 0.165. The summed E-state index contributed by atoms with van der Waals surface area (Å²) in [6, 6.07) is 10.1. The fourth-order valence-electron chi connectivity index (χ4n) is 4.08. The Kier molecular flexibility index (Phi) is 8.21. The molecular weight excluding hydrogens is 522 g/mol. The molecule has 0 spiro atoms. The minimum Gasteiger partial charge on any atom is -0.493 e. The first-order chi connectivity index (χ1) is 18.8. The van der Waals surface area contributed by atoms with Crippen LogP contribution in [0.4, 0.5) is 5.69 Å². The van der Waals surface area contributed by atoms with Crippen LogP contribution in [0, 0.1) is 10.1 Å². The lowest BCUT2D eigenvalue weighted by atomic mass is 9.95. The topological polar surface area (TPSA) is 122 Å². The summed E-state index contributed by atoms with van der Waals surface area (Å²) in [7, 11) is 1.50. The molecule has 3 aromatic rings. The second kappa shape index (κ2) is 11.7. The highest BCUT2D eigenvalue weighted by molar-refractivity contribution is 7.07. The third-order valence-corrected chi connectivity index (χ3v) is 6.82. The number of allylic oxidation sites excluding steroid dienone is 1. The number of thiazole rings is 1. The van der Waals surface area contributed by atoms with Gasteiger partial charge >= 0.3 is 5.97 Å². The van der Waals surface area contributed by atoms with E-state index in [9.17, 15) is 19.7 Å². The average molecular weight is 548 g/mol. The number of carbonyl (C=O) groups is 1. The highest BCUT2D eigenvalue weighted by Gasteiger charge is 2.34. The zero-order valence-corrected chi connectivity index (χ0v) is 22.1. The summed E-state index contributed by atoms with van der Waals surface area (Å²) in [4.78, 5) is 42.4. The number of benzene rings is 2. The van der Waals surface area contributed by atoms with E-state index in [1.807, 2.05) is 0 Å². The number of nitrogens with zero attached hydrogens (tertiary/aromatic N) is 3. The number of fused-ring (bicyclic) bond motifs is 1. The number of ether oxygens (including phenoxy) is 3. The van der Waals surface area contributed by atoms with Crippen molar-refractivity contribution in [3.05, 3.63) is 120 Å². The van der Waals surface area contributed by atoms with Crippen LogP contribution >= 0.6 is 11.3 Å². The maximum absolute atomic E-state index is 13.7. The molecule has 1 aliphatic rings. The van der Waals surface area contributed by atoms with Gasteiger partial charge in [0.05, 0.1) is 33.9 Å². The summed E-state index contributed by atoms with van der Waals surface area (Å²) < 4.78 is 18.3. The first kappa shape index (κ1) is 27.3. The molecule has 2 heterocycles. The minimum absolute atomic E-state index is 0.00937. The maximum atomic E-state index is 13.7. The van der Waals surface area contributed by atoms with E-state index in [0.29, 0.717) is 37.7 Å². The van der Waals surface area contributed by atoms with Crippen molar-refractivity contribution < 1.29 is 23.9 Å². The van der Waals surface area contributed by atoms with E-state index < -0.39 is 16.9 Å². The summed E-state index contributed by atoms with van der Waals surface area (Å²) in [5, 5.41) is 11.0. The Bertz CT molecular complexity index is 1670. The lowest BCUT2D eigenvalue weighted by Gasteiger charge is -2.25. The van der Waals surface area contributed by atoms with Gasteiger partial charge in [-0.1, -0.05) is 42.7 Å². The van der Waals surface area contributed by atoms with Gasteiger partial charge in [0.2, 0.25) is 0 Å². The van der Waals surface area contributed by atoms with Crippen LogP contribution < -0.4 is 24.4 Å². The average Bonchev–Trinajstić information content (AvgIpc) is 3.23. The number of methoxy groups -OCH3 is 1. The lowest BCUT2D eigenvalue weighted by Crippen LogP contribution is -2.40. The molecule has 0 fully saturated rings. The Labute approximate surface area is 227 Å². The van der Waals surface area contributed by atoms with Gasteiger partial charge in [0.15, 0.2) is 16.3 Å². The van der Waals surface area contributed by atoms with Crippen LogP contribution in [0.15, 0.2) is 88.8 Å². The molecular formula is C28H25N3O7S. The SMILES string of the molecule is C=CCOC(=O)C1=C(C)N=c2sc(=Cc3ccc([N+](=O)[O-])cc3)c(=O)n2C1c1ccc(OCC=C)c(OC)c1. The van der Waals surface area contributed by atoms with Crippen molar-refractivity contribution in [1.29, 1.82) is 0 Å². The molecule has 0 amide bonds. The highest BCUT2D eigenvalue weighted by Crippen LogP contribution is 2.36. The van der Waals surface area contributed by atoms with Gasteiger partial charge in [0, 0.05) is 12.1 Å². The third kappa shape index (κ3) is 5.58. The second-order valence-electron chi connectivity index (χ2n) is 8.33. The molecule has 1 aliphatic heterocycles. The molecule has 0 N–H and O–H groups in total. The molecule has 1 aromatic heterocycles. The summed E-state index contributed by atoms with van der Waals surface area (Å²) in [6.07, 6.45) is 4.69. The van der Waals surface area contributed by atoms with E-state index in [2.05, 4.69) is 18.2 Å². The molecule has 0 saturated carbocycles. The van der Waals surface area contributed by atoms with Gasteiger partial charge in [-0.15, -0.1) is 0 Å². The molecule has 2 aromatic carbocycles. The van der Waals surface area contributed by atoms with Gasteiger partial charge in [-0.2, -0.15) is 0 Å². The molecule has 1 atom stereocenters. The fourth-order valence-corrected chi connectivity index (χ4v) is 5.12. The van der Waals surface area contributed by atoms with Crippen molar-refractivity contribution in [2.45, 2.75) is 13.0 Å². The van der Waals surface area contributed by atoms with Gasteiger partial charge in [-0.3, -0.25) is 19.5 Å². The Balaban J connectivity index is 1.90. The Morgan fingerprint density at radius 1 is 1.15 bits per heavy atom. The Morgan fingerprint density at radius 3 is 2.51 bits per heavy atom. The molecule has 0 bridgehead atoms. The van der Waals surface area contributed by atoms with Crippen molar-refractivity contribution in [2.24, 2.45) is 4.99 Å². The largest absolute Gasteiger partial charge is 0.493 e. The second-order valence-corrected chi connectivity index (χ2v) is 9.34. The molecule has 0 aliphatic carbocycles. The number of esters is 1. The fraction of sp³-hybridized carbons (Fsp3) is 0.179. The van der Waals surface area contributed by atoms with Gasteiger partial charge < -0.3 is 14.2 Å². The number of hydrogen-bond acceptors (Lipinski definition) is 9. The molecule has 39 heavy (non-hydrogen) atoms. The van der Waals surface area contributed by atoms with Crippen molar-refractivity contribution >= 4 is 29.1 Å². The molecule has 200 valence electrons. The summed E-state index contributed by atoms with van der Waals surface area (Å²) in [6.45, 7) is 9.19. The number of aromatic nitrogens is 1. The number of carbonyl (C=O) groups excluding carboxylic acids is 1. The van der Waals surface area contributed by atoms with Crippen LogP contribution in [0.25, 0.3) is 6.08 Å². The summed E-state index contributed by atoms with van der Waals surface area (Å²) in [5.41, 5.74) is 1.36. The highest BCUT2D eigenvalue weighted by atomic mass is 32.1. The Hall–Kier alpha value is -4.77. The van der Waals surface area contributed by atoms with Crippen LogP contribution in [-0.4, -0.2) is 35.8 Å². The number of non-ortho nitro benzene ring substituents is 1. The molecule has 10 nitrogen and oxygen atoms in total. The van der Waals surface area contributed by atoms with E-state index in [1.54, 1.807) is 49.4 Å². The van der Waals surface area contributed by atoms with Gasteiger partial charge in [0.1, 0.15) is 13.2 Å². The Morgan fingerprint density at radius 2 is 1.87 bits per heavy atom. The zero-order valence-electron chi connectivity index (χ0n) is 21.3. The zero-order chi connectivity index (χ0) is 28.1. The molecule has 0 radical (unpaired) electrons. The summed E-state index contributed by atoms with van der Waals surface area (Å²) in [5.74, 6) is 0.260. The normalized spacial score (nSPS) is 14.7.